The molecule has 29 heavy (non-hydrogen) atoms. The zero-order valence-corrected chi connectivity index (χ0v) is 20.8. The molecule has 1 aliphatic carbocycles. The molecule has 1 saturated heterocycles. The third-order valence-corrected chi connectivity index (χ3v) is 5.09. The van der Waals surface area contributed by atoms with Gasteiger partial charge in [0.2, 0.25) is 0 Å². The molecule has 0 aromatic carbocycles. The molecule has 0 aromatic heterocycles. The average molecular weight is 524 g/mol. The van der Waals surface area contributed by atoms with Crippen molar-refractivity contribution < 1.29 is 14.3 Å². The van der Waals surface area contributed by atoms with Crippen LogP contribution in [0.4, 0.5) is 0 Å². The van der Waals surface area contributed by atoms with E-state index in [-0.39, 0.29) is 42.2 Å². The van der Waals surface area contributed by atoms with Crippen LogP contribution in [-0.2, 0) is 14.3 Å². The van der Waals surface area contributed by atoms with Gasteiger partial charge in [0, 0.05) is 39.1 Å². The summed E-state index contributed by atoms with van der Waals surface area (Å²) in [6, 6.07) is 0. The molecular formula is C21H41IN4O3. The summed E-state index contributed by atoms with van der Waals surface area (Å²) < 4.78 is 11.4. The Labute approximate surface area is 193 Å². The first-order valence-electron chi connectivity index (χ1n) is 11.1. The highest BCUT2D eigenvalue weighted by atomic mass is 127. The summed E-state index contributed by atoms with van der Waals surface area (Å²) in [6.07, 6.45) is 5.92. The Hall–Kier alpha value is -0.610. The van der Waals surface area contributed by atoms with Crippen LogP contribution < -0.4 is 10.6 Å². The van der Waals surface area contributed by atoms with Crippen molar-refractivity contribution in [3.63, 3.8) is 0 Å². The van der Waals surface area contributed by atoms with Gasteiger partial charge in [-0.2, -0.15) is 0 Å². The Kier molecular flexibility index (Phi) is 13.9. The largest absolute Gasteiger partial charge is 0.462 e. The van der Waals surface area contributed by atoms with E-state index in [1.165, 1.54) is 12.8 Å². The molecule has 1 saturated carbocycles. The number of halogens is 1. The van der Waals surface area contributed by atoms with Crippen molar-refractivity contribution in [3.8, 4) is 0 Å². The second-order valence-electron chi connectivity index (χ2n) is 8.29. The van der Waals surface area contributed by atoms with Gasteiger partial charge in [-0.1, -0.05) is 13.8 Å². The van der Waals surface area contributed by atoms with Crippen LogP contribution in [0.15, 0.2) is 4.99 Å². The van der Waals surface area contributed by atoms with Crippen molar-refractivity contribution in [1.29, 1.82) is 0 Å². The minimum atomic E-state index is -0.0727. The van der Waals surface area contributed by atoms with Gasteiger partial charge >= 0.3 is 5.97 Å². The molecule has 1 unspecified atom stereocenters. The minimum Gasteiger partial charge on any atom is -0.462 e. The normalized spacial score (nSPS) is 21.1. The van der Waals surface area contributed by atoms with Crippen molar-refractivity contribution in [2.75, 3.05) is 45.9 Å². The van der Waals surface area contributed by atoms with Gasteiger partial charge in [0.1, 0.15) is 6.10 Å². The molecule has 170 valence electrons. The Morgan fingerprint density at radius 2 is 2.03 bits per heavy atom. The maximum absolute atomic E-state index is 11.9. The summed E-state index contributed by atoms with van der Waals surface area (Å²) in [4.78, 5) is 19.0. The minimum absolute atomic E-state index is 0. The van der Waals surface area contributed by atoms with E-state index in [0.717, 1.165) is 58.0 Å². The number of carbonyl (C=O) groups is 1. The predicted octanol–water partition coefficient (Wildman–Crippen LogP) is 2.78. The van der Waals surface area contributed by atoms with E-state index >= 15 is 0 Å². The monoisotopic (exact) mass is 524 g/mol. The van der Waals surface area contributed by atoms with Gasteiger partial charge in [-0.15, -0.1) is 24.0 Å². The first kappa shape index (κ1) is 26.4. The second-order valence-corrected chi connectivity index (χ2v) is 8.29. The Morgan fingerprint density at radius 1 is 1.28 bits per heavy atom. The van der Waals surface area contributed by atoms with Crippen LogP contribution in [0, 0.1) is 5.92 Å². The number of aliphatic imine (C=N–C) groups is 1. The molecule has 0 amide bonds. The van der Waals surface area contributed by atoms with E-state index in [4.69, 9.17) is 9.47 Å². The second kappa shape index (κ2) is 15.2. The standard InChI is InChI=1S/C21H40N4O3.HI/c1-4-22-21(23-11-7-10-20(26)28-18-8-5-6-9-18)24-14-19-16-25(12-13-27-19)15-17(2)3;/h17-19H,4-16H2,1-3H3,(H2,22,23,24);1H. The lowest BCUT2D eigenvalue weighted by atomic mass is 10.2. The number of ether oxygens (including phenoxy) is 2. The van der Waals surface area contributed by atoms with Crippen LogP contribution in [0.1, 0.15) is 59.3 Å². The molecule has 7 nitrogen and oxygen atoms in total. The number of guanidine groups is 1. The molecule has 1 aliphatic heterocycles. The first-order chi connectivity index (χ1) is 13.6. The van der Waals surface area contributed by atoms with Gasteiger partial charge < -0.3 is 20.1 Å². The van der Waals surface area contributed by atoms with Gasteiger partial charge in [0.25, 0.3) is 0 Å². The van der Waals surface area contributed by atoms with Crippen LogP contribution in [-0.4, -0.2) is 74.9 Å². The lowest BCUT2D eigenvalue weighted by Gasteiger charge is -2.33. The number of nitrogens with zero attached hydrogens (tertiary/aromatic N) is 2. The molecule has 2 aliphatic rings. The fourth-order valence-corrected chi connectivity index (χ4v) is 3.80. The fraction of sp³-hybridized carbons (Fsp3) is 0.905. The molecule has 0 aromatic rings. The molecule has 0 bridgehead atoms. The van der Waals surface area contributed by atoms with Crippen molar-refractivity contribution in [3.05, 3.63) is 0 Å². The van der Waals surface area contributed by atoms with E-state index in [1.54, 1.807) is 0 Å². The molecule has 2 rings (SSSR count). The van der Waals surface area contributed by atoms with E-state index < -0.39 is 0 Å². The van der Waals surface area contributed by atoms with Crippen LogP contribution >= 0.6 is 24.0 Å². The fourth-order valence-electron chi connectivity index (χ4n) is 3.80. The number of nitrogens with one attached hydrogen (secondary N) is 2. The van der Waals surface area contributed by atoms with Crippen LogP contribution in [0.5, 0.6) is 0 Å². The van der Waals surface area contributed by atoms with E-state index in [0.29, 0.717) is 25.4 Å². The summed E-state index contributed by atoms with van der Waals surface area (Å²) in [5.41, 5.74) is 0. The molecule has 2 N–H and O–H groups in total. The lowest BCUT2D eigenvalue weighted by molar-refractivity contribution is -0.148. The highest BCUT2D eigenvalue weighted by molar-refractivity contribution is 14.0. The van der Waals surface area contributed by atoms with Crippen molar-refractivity contribution >= 4 is 35.9 Å². The predicted molar refractivity (Wildman–Crippen MR) is 128 cm³/mol. The van der Waals surface area contributed by atoms with Crippen LogP contribution in [0.3, 0.4) is 0 Å². The van der Waals surface area contributed by atoms with Crippen molar-refractivity contribution in [1.82, 2.24) is 15.5 Å². The van der Waals surface area contributed by atoms with Crippen LogP contribution in [0.2, 0.25) is 0 Å². The Balaban J connectivity index is 0.00000420. The Morgan fingerprint density at radius 3 is 2.72 bits per heavy atom. The zero-order chi connectivity index (χ0) is 20.2. The quantitative estimate of drug-likeness (QED) is 0.151. The first-order valence-corrected chi connectivity index (χ1v) is 11.1. The molecule has 1 atom stereocenters. The van der Waals surface area contributed by atoms with Crippen molar-refractivity contribution in [2.45, 2.75) is 71.5 Å². The number of hydrogen-bond acceptors (Lipinski definition) is 5. The van der Waals surface area contributed by atoms with Gasteiger partial charge in [-0.25, -0.2) is 0 Å². The smallest absolute Gasteiger partial charge is 0.306 e. The molecule has 0 radical (unpaired) electrons. The maximum atomic E-state index is 11.9. The van der Waals surface area contributed by atoms with E-state index in [2.05, 4.69) is 41.3 Å². The maximum Gasteiger partial charge on any atom is 0.306 e. The third kappa shape index (κ3) is 11.4. The number of morpholine rings is 1. The molecule has 2 fully saturated rings. The van der Waals surface area contributed by atoms with Gasteiger partial charge in [0.15, 0.2) is 5.96 Å². The summed E-state index contributed by atoms with van der Waals surface area (Å²) in [5, 5.41) is 6.58. The van der Waals surface area contributed by atoms with Gasteiger partial charge in [-0.05, 0) is 44.9 Å². The summed E-state index contributed by atoms with van der Waals surface area (Å²) in [7, 11) is 0. The topological polar surface area (TPSA) is 75.2 Å². The molecule has 0 spiro atoms. The summed E-state index contributed by atoms with van der Waals surface area (Å²) in [5.74, 6) is 1.38. The number of carbonyl (C=O) groups excluding carboxylic acids is 1. The highest BCUT2D eigenvalue weighted by Gasteiger charge is 2.21. The van der Waals surface area contributed by atoms with Crippen molar-refractivity contribution in [2.24, 2.45) is 10.9 Å². The van der Waals surface area contributed by atoms with E-state index in [1.807, 2.05) is 0 Å². The number of hydrogen-bond donors (Lipinski definition) is 2. The highest BCUT2D eigenvalue weighted by Crippen LogP contribution is 2.21. The third-order valence-electron chi connectivity index (χ3n) is 5.09. The van der Waals surface area contributed by atoms with Gasteiger partial charge in [0.05, 0.1) is 19.3 Å². The number of rotatable bonds is 10. The summed E-state index contributed by atoms with van der Waals surface area (Å²) in [6.45, 7) is 12.5. The zero-order valence-electron chi connectivity index (χ0n) is 18.5. The SMILES string of the molecule is CCNC(=NCC1CN(CC(C)C)CCO1)NCCCC(=O)OC1CCCC1.I. The van der Waals surface area contributed by atoms with Crippen LogP contribution in [0.25, 0.3) is 0 Å². The van der Waals surface area contributed by atoms with E-state index in [9.17, 15) is 4.79 Å². The molecule has 8 heteroatoms. The van der Waals surface area contributed by atoms with Gasteiger partial charge in [-0.3, -0.25) is 14.7 Å². The average Bonchev–Trinajstić information content (AvgIpc) is 3.16. The molecule has 1 heterocycles. The number of esters is 1. The Bertz CT molecular complexity index is 485. The lowest BCUT2D eigenvalue weighted by Crippen LogP contribution is -2.46. The molecular weight excluding hydrogens is 483 g/mol. The summed E-state index contributed by atoms with van der Waals surface area (Å²) >= 11 is 0.